The van der Waals surface area contributed by atoms with Crippen LogP contribution in [0.15, 0.2) is 64.0 Å². The lowest BCUT2D eigenvalue weighted by Crippen LogP contribution is -2.12. The predicted octanol–water partition coefficient (Wildman–Crippen LogP) is 4.24. The van der Waals surface area contributed by atoms with E-state index in [2.05, 4.69) is 52.3 Å². The maximum absolute atomic E-state index is 6.14. The Labute approximate surface area is 115 Å². The van der Waals surface area contributed by atoms with E-state index in [1.54, 1.807) is 11.8 Å². The molecule has 3 heteroatoms. The average molecular weight is 308 g/mol. The van der Waals surface area contributed by atoms with Crippen LogP contribution < -0.4 is 5.73 Å². The maximum atomic E-state index is 6.14. The van der Waals surface area contributed by atoms with Crippen molar-refractivity contribution in [3.05, 3.63) is 64.6 Å². The third-order valence-electron chi connectivity index (χ3n) is 2.47. The van der Waals surface area contributed by atoms with Gasteiger partial charge in [0.15, 0.2) is 0 Å². The van der Waals surface area contributed by atoms with E-state index < -0.39 is 0 Å². The van der Waals surface area contributed by atoms with E-state index in [1.807, 2.05) is 18.2 Å². The van der Waals surface area contributed by atoms with Crippen LogP contribution in [-0.2, 0) is 0 Å². The highest BCUT2D eigenvalue weighted by molar-refractivity contribution is 9.10. The lowest BCUT2D eigenvalue weighted by Gasteiger charge is -2.11. The maximum Gasteiger partial charge on any atom is 0.0390 e. The zero-order valence-electron chi connectivity index (χ0n) is 9.34. The SMILES string of the molecule is NC(CSc1ccc(Br)cc1)c1ccccc1. The van der Waals surface area contributed by atoms with Crippen molar-refractivity contribution in [2.75, 3.05) is 5.75 Å². The van der Waals surface area contributed by atoms with Gasteiger partial charge < -0.3 is 5.73 Å². The molecule has 0 heterocycles. The van der Waals surface area contributed by atoms with E-state index in [4.69, 9.17) is 5.73 Å². The number of halogens is 1. The summed E-state index contributed by atoms with van der Waals surface area (Å²) in [6.45, 7) is 0. The fourth-order valence-corrected chi connectivity index (χ4v) is 2.67. The molecule has 2 N–H and O–H groups in total. The molecule has 17 heavy (non-hydrogen) atoms. The Morgan fingerprint density at radius 1 is 1.00 bits per heavy atom. The van der Waals surface area contributed by atoms with Gasteiger partial charge in [-0.05, 0) is 29.8 Å². The molecule has 1 atom stereocenters. The molecule has 0 aliphatic carbocycles. The molecule has 0 fully saturated rings. The highest BCUT2D eigenvalue weighted by Gasteiger charge is 2.05. The molecule has 0 amide bonds. The molecular formula is C14H14BrNS. The smallest absolute Gasteiger partial charge is 0.0390 e. The summed E-state index contributed by atoms with van der Waals surface area (Å²) in [5, 5.41) is 0. The second-order valence-electron chi connectivity index (χ2n) is 3.78. The predicted molar refractivity (Wildman–Crippen MR) is 78.2 cm³/mol. The van der Waals surface area contributed by atoms with E-state index in [0.29, 0.717) is 0 Å². The fraction of sp³-hybridized carbons (Fsp3) is 0.143. The number of hydrogen-bond acceptors (Lipinski definition) is 2. The van der Waals surface area contributed by atoms with E-state index in [-0.39, 0.29) is 6.04 Å². The molecule has 2 rings (SSSR count). The van der Waals surface area contributed by atoms with Crippen molar-refractivity contribution in [2.24, 2.45) is 5.73 Å². The highest BCUT2D eigenvalue weighted by Crippen LogP contribution is 2.24. The van der Waals surface area contributed by atoms with Crippen molar-refractivity contribution in [2.45, 2.75) is 10.9 Å². The second kappa shape index (κ2) is 6.24. The van der Waals surface area contributed by atoms with Gasteiger partial charge in [-0.25, -0.2) is 0 Å². The standard InChI is InChI=1S/C14H14BrNS/c15-12-6-8-13(9-7-12)17-10-14(16)11-4-2-1-3-5-11/h1-9,14H,10,16H2. The van der Waals surface area contributed by atoms with Gasteiger partial charge in [0.2, 0.25) is 0 Å². The molecular weight excluding hydrogens is 294 g/mol. The van der Waals surface area contributed by atoms with E-state index >= 15 is 0 Å². The van der Waals surface area contributed by atoms with Gasteiger partial charge in [0.1, 0.15) is 0 Å². The number of benzene rings is 2. The molecule has 0 saturated heterocycles. The highest BCUT2D eigenvalue weighted by atomic mass is 79.9. The van der Waals surface area contributed by atoms with Gasteiger partial charge in [-0.3, -0.25) is 0 Å². The van der Waals surface area contributed by atoms with Crippen molar-refractivity contribution >= 4 is 27.7 Å². The monoisotopic (exact) mass is 307 g/mol. The van der Waals surface area contributed by atoms with Gasteiger partial charge in [0.05, 0.1) is 0 Å². The lowest BCUT2D eigenvalue weighted by molar-refractivity contribution is 0.831. The summed E-state index contributed by atoms with van der Waals surface area (Å²) in [4.78, 5) is 1.25. The van der Waals surface area contributed by atoms with Gasteiger partial charge in [-0.2, -0.15) is 0 Å². The molecule has 1 unspecified atom stereocenters. The van der Waals surface area contributed by atoms with Gasteiger partial charge in [0.25, 0.3) is 0 Å². The summed E-state index contributed by atoms with van der Waals surface area (Å²) < 4.78 is 1.11. The van der Waals surface area contributed by atoms with Crippen LogP contribution in [0.4, 0.5) is 0 Å². The number of thioether (sulfide) groups is 1. The summed E-state index contributed by atoms with van der Waals surface area (Å²) in [6, 6.07) is 18.6. The molecule has 2 aromatic rings. The molecule has 0 spiro atoms. The summed E-state index contributed by atoms with van der Waals surface area (Å²) in [6.07, 6.45) is 0. The summed E-state index contributed by atoms with van der Waals surface area (Å²) in [7, 11) is 0. The first-order valence-electron chi connectivity index (χ1n) is 5.44. The Balaban J connectivity index is 1.92. The minimum Gasteiger partial charge on any atom is -0.323 e. The van der Waals surface area contributed by atoms with Crippen molar-refractivity contribution < 1.29 is 0 Å². The Morgan fingerprint density at radius 2 is 1.65 bits per heavy atom. The van der Waals surface area contributed by atoms with E-state index in [9.17, 15) is 0 Å². The lowest BCUT2D eigenvalue weighted by atomic mass is 10.1. The molecule has 2 aromatic carbocycles. The number of nitrogens with two attached hydrogens (primary N) is 1. The first kappa shape index (κ1) is 12.7. The normalized spacial score (nSPS) is 12.4. The first-order chi connectivity index (χ1) is 8.25. The number of rotatable bonds is 4. The molecule has 0 aliphatic rings. The Morgan fingerprint density at radius 3 is 2.29 bits per heavy atom. The van der Waals surface area contributed by atoms with Gasteiger partial charge in [-0.15, -0.1) is 11.8 Å². The third-order valence-corrected chi connectivity index (χ3v) is 4.13. The van der Waals surface area contributed by atoms with Crippen molar-refractivity contribution in [3.8, 4) is 0 Å². The van der Waals surface area contributed by atoms with Crippen LogP contribution in [0.1, 0.15) is 11.6 Å². The van der Waals surface area contributed by atoms with Crippen molar-refractivity contribution in [3.63, 3.8) is 0 Å². The summed E-state index contributed by atoms with van der Waals surface area (Å²) >= 11 is 5.21. The molecule has 0 aromatic heterocycles. The van der Waals surface area contributed by atoms with Crippen molar-refractivity contribution in [1.82, 2.24) is 0 Å². The third kappa shape index (κ3) is 3.87. The van der Waals surface area contributed by atoms with Crippen LogP contribution in [0.3, 0.4) is 0 Å². The Kier molecular flexibility index (Phi) is 4.66. The van der Waals surface area contributed by atoms with Crippen LogP contribution in [0.2, 0.25) is 0 Å². The molecule has 0 aliphatic heterocycles. The van der Waals surface area contributed by atoms with Crippen LogP contribution in [0.25, 0.3) is 0 Å². The zero-order valence-corrected chi connectivity index (χ0v) is 11.7. The van der Waals surface area contributed by atoms with E-state index in [0.717, 1.165) is 10.2 Å². The van der Waals surface area contributed by atoms with Gasteiger partial charge in [-0.1, -0.05) is 46.3 Å². The fourth-order valence-electron chi connectivity index (χ4n) is 1.51. The quantitative estimate of drug-likeness (QED) is 0.855. The van der Waals surface area contributed by atoms with Crippen LogP contribution in [0.5, 0.6) is 0 Å². The summed E-state index contributed by atoms with van der Waals surface area (Å²) in [5.74, 6) is 0.894. The molecule has 1 nitrogen and oxygen atoms in total. The van der Waals surface area contributed by atoms with Gasteiger partial charge >= 0.3 is 0 Å². The van der Waals surface area contributed by atoms with Crippen LogP contribution in [0, 0.1) is 0 Å². The second-order valence-corrected chi connectivity index (χ2v) is 5.79. The minimum atomic E-state index is 0.0878. The molecule has 0 radical (unpaired) electrons. The minimum absolute atomic E-state index is 0.0878. The first-order valence-corrected chi connectivity index (χ1v) is 7.22. The Bertz CT molecular complexity index is 455. The zero-order chi connectivity index (χ0) is 12.1. The molecule has 0 bridgehead atoms. The largest absolute Gasteiger partial charge is 0.323 e. The van der Waals surface area contributed by atoms with Crippen LogP contribution >= 0.6 is 27.7 Å². The van der Waals surface area contributed by atoms with Gasteiger partial charge in [0, 0.05) is 21.2 Å². The average Bonchev–Trinajstić information content (AvgIpc) is 2.39. The van der Waals surface area contributed by atoms with Crippen LogP contribution in [-0.4, -0.2) is 5.75 Å². The number of hydrogen-bond donors (Lipinski definition) is 1. The van der Waals surface area contributed by atoms with Crippen molar-refractivity contribution in [1.29, 1.82) is 0 Å². The topological polar surface area (TPSA) is 26.0 Å². The molecule has 0 saturated carbocycles. The van der Waals surface area contributed by atoms with E-state index in [1.165, 1.54) is 10.5 Å². The molecule has 88 valence electrons. The Hall–Kier alpha value is -0.770. The summed E-state index contributed by atoms with van der Waals surface area (Å²) in [5.41, 5.74) is 7.33.